The van der Waals surface area contributed by atoms with Crippen molar-refractivity contribution >= 4 is 5.65 Å². The number of halogens is 3. The van der Waals surface area contributed by atoms with Crippen LogP contribution in [0.5, 0.6) is 17.4 Å². The van der Waals surface area contributed by atoms with Gasteiger partial charge in [-0.05, 0) is 48.9 Å². The fraction of sp³-hybridized carbons (Fsp3) is 0.103. The van der Waals surface area contributed by atoms with E-state index in [0.717, 1.165) is 14.5 Å². The van der Waals surface area contributed by atoms with Gasteiger partial charge in [0.2, 0.25) is 5.56 Å². The van der Waals surface area contributed by atoms with Crippen LogP contribution in [0.3, 0.4) is 0 Å². The van der Waals surface area contributed by atoms with Crippen LogP contribution in [0.25, 0.3) is 16.9 Å². The van der Waals surface area contributed by atoms with E-state index in [-0.39, 0.29) is 17.9 Å². The maximum absolute atomic E-state index is 14.0. The number of pyridine rings is 1. The van der Waals surface area contributed by atoms with Crippen molar-refractivity contribution in [1.29, 1.82) is 0 Å². The minimum Gasteiger partial charge on any atom is -0.477 e. The number of benzene rings is 3. The van der Waals surface area contributed by atoms with Gasteiger partial charge in [-0.3, -0.25) is 0 Å². The maximum atomic E-state index is 14.0. The average Bonchev–Trinajstić information content (AvgIpc) is 2.88. The quantitative estimate of drug-likeness (QED) is 0.294. The first-order chi connectivity index (χ1) is 17.7. The van der Waals surface area contributed by atoms with Gasteiger partial charge >= 0.3 is 17.6 Å². The van der Waals surface area contributed by atoms with Crippen molar-refractivity contribution in [3.63, 3.8) is 0 Å². The van der Waals surface area contributed by atoms with Gasteiger partial charge in [-0.2, -0.15) is 22.1 Å². The van der Waals surface area contributed by atoms with E-state index in [0.29, 0.717) is 22.6 Å². The Hall–Kier alpha value is -4.59. The SMILES string of the molecule is Cc1ccc(Oc2ccc(C[n+]3c(O)c(C(F)(F)F)c(=O)n4c(-c5ccccc5)cccc43)cc2)cc1. The lowest BCUT2D eigenvalue weighted by Gasteiger charge is -2.14. The second kappa shape index (κ2) is 9.46. The van der Waals surface area contributed by atoms with E-state index >= 15 is 0 Å². The van der Waals surface area contributed by atoms with Gasteiger partial charge < -0.3 is 9.84 Å². The van der Waals surface area contributed by atoms with Crippen molar-refractivity contribution in [2.24, 2.45) is 0 Å². The second-order valence-corrected chi connectivity index (χ2v) is 8.62. The molecular formula is C29H22F3N2O3+. The molecule has 1 N–H and O–H groups in total. The lowest BCUT2D eigenvalue weighted by Crippen LogP contribution is -2.44. The summed E-state index contributed by atoms with van der Waals surface area (Å²) in [6, 6.07) is 27.7. The molecule has 0 spiro atoms. The summed E-state index contributed by atoms with van der Waals surface area (Å²) < 4.78 is 49.8. The Balaban J connectivity index is 1.60. The minimum absolute atomic E-state index is 0.109. The molecule has 0 bridgehead atoms. The van der Waals surface area contributed by atoms with E-state index in [2.05, 4.69) is 0 Å². The molecule has 8 heteroatoms. The zero-order valence-electron chi connectivity index (χ0n) is 19.7. The Bertz CT molecular complexity index is 1630. The molecule has 0 unspecified atom stereocenters. The molecule has 0 saturated heterocycles. The van der Waals surface area contributed by atoms with Crippen LogP contribution in [0.2, 0.25) is 0 Å². The summed E-state index contributed by atoms with van der Waals surface area (Å²) in [6.07, 6.45) is -5.06. The number of aromatic nitrogens is 2. The zero-order valence-corrected chi connectivity index (χ0v) is 19.7. The number of nitrogens with zero attached hydrogens (tertiary/aromatic N) is 2. The Morgan fingerprint density at radius 3 is 2.08 bits per heavy atom. The Morgan fingerprint density at radius 2 is 1.46 bits per heavy atom. The normalized spacial score (nSPS) is 11.6. The van der Waals surface area contributed by atoms with Crippen LogP contribution in [0.4, 0.5) is 13.2 Å². The van der Waals surface area contributed by atoms with Gasteiger partial charge in [-0.1, -0.05) is 60.2 Å². The molecule has 0 aliphatic carbocycles. The smallest absolute Gasteiger partial charge is 0.431 e. The van der Waals surface area contributed by atoms with Crippen molar-refractivity contribution in [1.82, 2.24) is 4.40 Å². The van der Waals surface area contributed by atoms with Gasteiger partial charge in [0.05, 0.1) is 0 Å². The van der Waals surface area contributed by atoms with Gasteiger partial charge in [0.1, 0.15) is 23.7 Å². The van der Waals surface area contributed by atoms with E-state index in [9.17, 15) is 23.1 Å². The molecule has 2 heterocycles. The molecule has 3 aromatic carbocycles. The summed E-state index contributed by atoms with van der Waals surface area (Å²) in [5.41, 5.74) is -0.276. The Morgan fingerprint density at radius 1 is 0.838 bits per heavy atom. The van der Waals surface area contributed by atoms with Gasteiger partial charge in [0, 0.05) is 11.6 Å². The van der Waals surface area contributed by atoms with Crippen LogP contribution >= 0.6 is 0 Å². The molecule has 0 aliphatic heterocycles. The number of aromatic hydroxyl groups is 1. The molecule has 5 aromatic rings. The highest BCUT2D eigenvalue weighted by atomic mass is 19.4. The first-order valence-electron chi connectivity index (χ1n) is 11.5. The molecule has 0 fully saturated rings. The first-order valence-corrected chi connectivity index (χ1v) is 11.5. The molecule has 0 aliphatic rings. The van der Waals surface area contributed by atoms with Crippen LogP contribution in [0.15, 0.2) is 102 Å². The lowest BCUT2D eigenvalue weighted by molar-refractivity contribution is -0.673. The topological polar surface area (TPSA) is 54.8 Å². The van der Waals surface area contributed by atoms with Crippen LogP contribution < -0.4 is 14.9 Å². The van der Waals surface area contributed by atoms with Gasteiger partial charge in [0.15, 0.2) is 0 Å². The molecule has 0 radical (unpaired) electrons. The highest BCUT2D eigenvalue weighted by molar-refractivity contribution is 5.62. The number of hydrogen-bond acceptors (Lipinski definition) is 3. The molecule has 37 heavy (non-hydrogen) atoms. The molecule has 0 amide bonds. The van der Waals surface area contributed by atoms with E-state index in [1.807, 2.05) is 31.2 Å². The summed E-state index contributed by atoms with van der Waals surface area (Å²) >= 11 is 0. The van der Waals surface area contributed by atoms with E-state index in [1.54, 1.807) is 66.7 Å². The number of alkyl halides is 3. The van der Waals surface area contributed by atoms with E-state index in [1.165, 1.54) is 6.07 Å². The van der Waals surface area contributed by atoms with Crippen molar-refractivity contribution in [3.8, 4) is 28.6 Å². The third-order valence-electron chi connectivity index (χ3n) is 6.02. The predicted molar refractivity (Wildman–Crippen MR) is 133 cm³/mol. The van der Waals surface area contributed by atoms with Crippen LogP contribution in [0.1, 0.15) is 16.7 Å². The number of rotatable bonds is 5. The van der Waals surface area contributed by atoms with Gasteiger partial charge in [0.25, 0.3) is 5.65 Å². The number of fused-ring (bicyclic) bond motifs is 1. The second-order valence-electron chi connectivity index (χ2n) is 8.62. The van der Waals surface area contributed by atoms with Crippen molar-refractivity contribution < 1.29 is 27.6 Å². The fourth-order valence-electron chi connectivity index (χ4n) is 4.20. The molecular weight excluding hydrogens is 481 g/mol. The Labute approximate surface area is 210 Å². The maximum Gasteiger partial charge on any atom is 0.431 e. The summed E-state index contributed by atoms with van der Waals surface area (Å²) in [6.45, 7) is 1.86. The standard InChI is InChI=1S/C29H21F3N2O3/c1-19-10-14-22(15-11-19)37-23-16-12-20(13-17-23)18-33-25-9-5-8-24(21-6-3-2-4-7-21)34(25)28(36)26(27(33)35)29(30,31)32/h2-17H,18H2,1H3/p+1. The van der Waals surface area contributed by atoms with Crippen LogP contribution in [-0.2, 0) is 12.7 Å². The van der Waals surface area contributed by atoms with Gasteiger partial charge in [-0.25, -0.2) is 4.79 Å². The van der Waals surface area contributed by atoms with Crippen molar-refractivity contribution in [2.75, 3.05) is 0 Å². The highest BCUT2D eigenvalue weighted by Gasteiger charge is 2.44. The molecule has 186 valence electrons. The number of hydrogen-bond donors (Lipinski definition) is 1. The molecule has 5 nitrogen and oxygen atoms in total. The molecule has 0 saturated carbocycles. The molecule has 5 rings (SSSR count). The average molecular weight is 504 g/mol. The van der Waals surface area contributed by atoms with Crippen LogP contribution in [0, 0.1) is 6.92 Å². The summed E-state index contributed by atoms with van der Waals surface area (Å²) in [5, 5.41) is 10.7. The van der Waals surface area contributed by atoms with Crippen LogP contribution in [-0.4, -0.2) is 9.51 Å². The van der Waals surface area contributed by atoms with E-state index in [4.69, 9.17) is 4.74 Å². The molecule has 2 aromatic heterocycles. The zero-order chi connectivity index (χ0) is 26.2. The monoisotopic (exact) mass is 503 g/mol. The fourth-order valence-corrected chi connectivity index (χ4v) is 4.20. The summed E-state index contributed by atoms with van der Waals surface area (Å²) in [5.74, 6) is 0.0723. The summed E-state index contributed by atoms with van der Waals surface area (Å²) in [4.78, 5) is 13.1. The largest absolute Gasteiger partial charge is 0.477 e. The predicted octanol–water partition coefficient (Wildman–Crippen LogP) is 6.13. The third-order valence-corrected chi connectivity index (χ3v) is 6.02. The highest BCUT2D eigenvalue weighted by Crippen LogP contribution is 2.32. The minimum atomic E-state index is -5.06. The van der Waals surface area contributed by atoms with E-state index < -0.39 is 23.2 Å². The number of aryl methyl sites for hydroxylation is 1. The first kappa shape index (κ1) is 24.1. The third kappa shape index (κ3) is 4.78. The summed E-state index contributed by atoms with van der Waals surface area (Å²) in [7, 11) is 0. The van der Waals surface area contributed by atoms with Gasteiger partial charge in [-0.15, -0.1) is 0 Å². The number of ether oxygens (including phenoxy) is 1. The lowest BCUT2D eigenvalue weighted by atomic mass is 10.1. The Kier molecular flexibility index (Phi) is 6.17. The van der Waals surface area contributed by atoms with Crippen molar-refractivity contribution in [2.45, 2.75) is 19.6 Å². The molecule has 0 atom stereocenters. The van der Waals surface area contributed by atoms with Crippen molar-refractivity contribution in [3.05, 3.63) is 124 Å².